The SMILES string of the molecule is O=C(CCC1C(=O)NNC1=O)NCc1cccnc1. The van der Waals surface area contributed by atoms with E-state index in [0.29, 0.717) is 6.54 Å². The van der Waals surface area contributed by atoms with E-state index >= 15 is 0 Å². The molecule has 1 aliphatic rings. The van der Waals surface area contributed by atoms with E-state index in [1.807, 2.05) is 6.07 Å². The lowest BCUT2D eigenvalue weighted by molar-refractivity contribution is -0.128. The molecule has 1 fully saturated rings. The Balaban J connectivity index is 1.73. The van der Waals surface area contributed by atoms with Crippen LogP contribution in [0.3, 0.4) is 0 Å². The number of hydrogen-bond acceptors (Lipinski definition) is 4. The molecule has 7 heteroatoms. The Bertz CT molecular complexity index is 473. The molecule has 2 heterocycles. The van der Waals surface area contributed by atoms with Crippen molar-refractivity contribution in [1.82, 2.24) is 21.2 Å². The molecular formula is C12H14N4O3. The van der Waals surface area contributed by atoms with Crippen LogP contribution in [-0.4, -0.2) is 22.7 Å². The molecule has 3 amide bonds. The first-order valence-corrected chi connectivity index (χ1v) is 5.92. The van der Waals surface area contributed by atoms with Gasteiger partial charge in [0.2, 0.25) is 5.91 Å². The Hall–Kier alpha value is -2.44. The Labute approximate surface area is 109 Å². The first kappa shape index (κ1) is 13.0. The number of hydrazine groups is 1. The quantitative estimate of drug-likeness (QED) is 0.608. The molecule has 100 valence electrons. The van der Waals surface area contributed by atoms with Gasteiger partial charge >= 0.3 is 0 Å². The monoisotopic (exact) mass is 262 g/mol. The van der Waals surface area contributed by atoms with Crippen LogP contribution in [0.1, 0.15) is 18.4 Å². The van der Waals surface area contributed by atoms with E-state index in [1.165, 1.54) is 0 Å². The van der Waals surface area contributed by atoms with Gasteiger partial charge in [0.15, 0.2) is 0 Å². The molecule has 7 nitrogen and oxygen atoms in total. The van der Waals surface area contributed by atoms with E-state index in [4.69, 9.17) is 0 Å². The van der Waals surface area contributed by atoms with Gasteiger partial charge in [-0.3, -0.25) is 30.2 Å². The lowest BCUT2D eigenvalue weighted by atomic mass is 10.0. The fraction of sp³-hybridized carbons (Fsp3) is 0.333. The summed E-state index contributed by atoms with van der Waals surface area (Å²) in [5.41, 5.74) is 5.34. The molecule has 0 bridgehead atoms. The third kappa shape index (κ3) is 3.51. The van der Waals surface area contributed by atoms with Crippen LogP contribution >= 0.6 is 0 Å². The van der Waals surface area contributed by atoms with Crippen LogP contribution in [0.4, 0.5) is 0 Å². The van der Waals surface area contributed by atoms with Gasteiger partial charge in [0.05, 0.1) is 0 Å². The Morgan fingerprint density at radius 3 is 2.68 bits per heavy atom. The standard InChI is InChI=1S/C12H14N4O3/c17-10(14-7-8-2-1-5-13-6-8)4-3-9-11(18)15-16-12(9)19/h1-2,5-6,9H,3-4,7H2,(H,14,17)(H,15,18)(H,16,19). The zero-order chi connectivity index (χ0) is 13.7. The molecule has 1 aromatic heterocycles. The summed E-state index contributed by atoms with van der Waals surface area (Å²) in [6.07, 6.45) is 3.66. The van der Waals surface area contributed by atoms with Crippen LogP contribution < -0.4 is 16.2 Å². The Morgan fingerprint density at radius 2 is 2.05 bits per heavy atom. The number of carbonyl (C=O) groups is 3. The molecule has 19 heavy (non-hydrogen) atoms. The minimum Gasteiger partial charge on any atom is -0.352 e. The van der Waals surface area contributed by atoms with Gasteiger partial charge in [0, 0.05) is 25.4 Å². The lowest BCUT2D eigenvalue weighted by Gasteiger charge is -2.06. The lowest BCUT2D eigenvalue weighted by Crippen LogP contribution is -2.28. The van der Waals surface area contributed by atoms with Crippen molar-refractivity contribution in [3.63, 3.8) is 0 Å². The van der Waals surface area contributed by atoms with Gasteiger partial charge in [-0.25, -0.2) is 0 Å². The van der Waals surface area contributed by atoms with Crippen molar-refractivity contribution in [2.45, 2.75) is 19.4 Å². The second kappa shape index (κ2) is 5.94. The van der Waals surface area contributed by atoms with Crippen molar-refractivity contribution in [2.24, 2.45) is 5.92 Å². The number of aromatic nitrogens is 1. The zero-order valence-corrected chi connectivity index (χ0v) is 10.2. The maximum Gasteiger partial charge on any atom is 0.251 e. The molecular weight excluding hydrogens is 248 g/mol. The smallest absolute Gasteiger partial charge is 0.251 e. The molecule has 3 N–H and O–H groups in total. The maximum absolute atomic E-state index is 11.6. The molecule has 0 atom stereocenters. The van der Waals surface area contributed by atoms with E-state index in [0.717, 1.165) is 5.56 Å². The molecule has 0 aromatic carbocycles. The summed E-state index contributed by atoms with van der Waals surface area (Å²) >= 11 is 0. The topological polar surface area (TPSA) is 100 Å². The van der Waals surface area contributed by atoms with Crippen LogP contribution in [-0.2, 0) is 20.9 Å². The summed E-state index contributed by atoms with van der Waals surface area (Å²) < 4.78 is 0. The number of rotatable bonds is 5. The molecule has 0 spiro atoms. The van der Waals surface area contributed by atoms with Crippen molar-refractivity contribution in [3.05, 3.63) is 30.1 Å². The Morgan fingerprint density at radius 1 is 1.32 bits per heavy atom. The van der Waals surface area contributed by atoms with Crippen molar-refractivity contribution >= 4 is 17.7 Å². The Kier molecular flexibility index (Phi) is 4.07. The first-order valence-electron chi connectivity index (χ1n) is 5.92. The highest BCUT2D eigenvalue weighted by Crippen LogP contribution is 2.10. The van der Waals surface area contributed by atoms with Crippen molar-refractivity contribution in [1.29, 1.82) is 0 Å². The van der Waals surface area contributed by atoms with Gasteiger partial charge in [0.25, 0.3) is 11.8 Å². The molecule has 1 aromatic rings. The number of nitrogens with one attached hydrogen (secondary N) is 3. The fourth-order valence-corrected chi connectivity index (χ4v) is 1.75. The van der Waals surface area contributed by atoms with E-state index in [2.05, 4.69) is 21.2 Å². The van der Waals surface area contributed by atoms with E-state index in [-0.39, 0.29) is 30.6 Å². The third-order valence-electron chi connectivity index (χ3n) is 2.81. The average Bonchev–Trinajstić information content (AvgIpc) is 2.75. The van der Waals surface area contributed by atoms with Crippen LogP contribution in [0.25, 0.3) is 0 Å². The first-order chi connectivity index (χ1) is 9.16. The summed E-state index contributed by atoms with van der Waals surface area (Å²) in [6.45, 7) is 0.385. The zero-order valence-electron chi connectivity index (χ0n) is 10.2. The van der Waals surface area contributed by atoms with E-state index in [1.54, 1.807) is 18.5 Å². The number of hydrogen-bond donors (Lipinski definition) is 3. The normalized spacial score (nSPS) is 14.9. The summed E-state index contributed by atoms with van der Waals surface area (Å²) in [6, 6.07) is 3.64. The van der Waals surface area contributed by atoms with Gasteiger partial charge < -0.3 is 5.32 Å². The van der Waals surface area contributed by atoms with Crippen molar-refractivity contribution in [3.8, 4) is 0 Å². The average molecular weight is 262 g/mol. The van der Waals surface area contributed by atoms with Gasteiger partial charge in [-0.05, 0) is 18.1 Å². The van der Waals surface area contributed by atoms with Gasteiger partial charge in [0.1, 0.15) is 5.92 Å². The van der Waals surface area contributed by atoms with Gasteiger partial charge in [-0.2, -0.15) is 0 Å². The van der Waals surface area contributed by atoms with E-state index < -0.39 is 5.92 Å². The summed E-state index contributed by atoms with van der Waals surface area (Å²) in [5, 5.41) is 2.71. The highest BCUT2D eigenvalue weighted by molar-refractivity contribution is 6.05. The summed E-state index contributed by atoms with van der Waals surface area (Å²) in [7, 11) is 0. The summed E-state index contributed by atoms with van der Waals surface area (Å²) in [4.78, 5) is 38.0. The molecule has 1 aliphatic heterocycles. The fourth-order valence-electron chi connectivity index (χ4n) is 1.75. The number of carbonyl (C=O) groups excluding carboxylic acids is 3. The highest BCUT2D eigenvalue weighted by atomic mass is 16.2. The highest BCUT2D eigenvalue weighted by Gasteiger charge is 2.32. The summed E-state index contributed by atoms with van der Waals surface area (Å²) in [5.74, 6) is -1.74. The number of amides is 3. The number of pyridine rings is 1. The minimum absolute atomic E-state index is 0.131. The number of nitrogens with zero attached hydrogens (tertiary/aromatic N) is 1. The minimum atomic E-state index is -0.774. The van der Waals surface area contributed by atoms with Crippen LogP contribution in [0.5, 0.6) is 0 Å². The molecule has 0 saturated carbocycles. The molecule has 0 radical (unpaired) electrons. The van der Waals surface area contributed by atoms with Gasteiger partial charge in [-0.15, -0.1) is 0 Å². The van der Waals surface area contributed by atoms with Crippen molar-refractivity contribution in [2.75, 3.05) is 0 Å². The third-order valence-corrected chi connectivity index (χ3v) is 2.81. The molecule has 2 rings (SSSR count). The van der Waals surface area contributed by atoms with Crippen LogP contribution in [0.15, 0.2) is 24.5 Å². The maximum atomic E-state index is 11.6. The largest absolute Gasteiger partial charge is 0.352 e. The molecule has 1 saturated heterocycles. The molecule has 0 unspecified atom stereocenters. The van der Waals surface area contributed by atoms with E-state index in [9.17, 15) is 14.4 Å². The second-order valence-electron chi connectivity index (χ2n) is 4.21. The van der Waals surface area contributed by atoms with Crippen LogP contribution in [0, 0.1) is 5.92 Å². The van der Waals surface area contributed by atoms with Crippen LogP contribution in [0.2, 0.25) is 0 Å². The predicted octanol–water partition coefficient (Wildman–Crippen LogP) is -0.745. The molecule has 0 aliphatic carbocycles. The predicted molar refractivity (Wildman–Crippen MR) is 65.1 cm³/mol. The van der Waals surface area contributed by atoms with Crippen molar-refractivity contribution < 1.29 is 14.4 Å². The van der Waals surface area contributed by atoms with Gasteiger partial charge in [-0.1, -0.05) is 6.07 Å². The second-order valence-corrected chi connectivity index (χ2v) is 4.21.